The van der Waals surface area contributed by atoms with Gasteiger partial charge in [-0.2, -0.15) is 5.10 Å². The second kappa shape index (κ2) is 12.9. The van der Waals surface area contributed by atoms with Gasteiger partial charge in [0.15, 0.2) is 11.0 Å². The van der Waals surface area contributed by atoms with Crippen LogP contribution in [0.2, 0.25) is 0 Å². The lowest BCUT2D eigenvalue weighted by atomic mass is 10.0. The Hall–Kier alpha value is -4.75. The number of hydrogen-bond acceptors (Lipinski definition) is 7. The molecule has 222 valence electrons. The van der Waals surface area contributed by atoms with Crippen molar-refractivity contribution in [3.63, 3.8) is 0 Å². The van der Waals surface area contributed by atoms with Crippen LogP contribution < -0.4 is 5.32 Å². The van der Waals surface area contributed by atoms with Crippen LogP contribution in [0.3, 0.4) is 0 Å². The molecule has 3 heterocycles. The Balaban J connectivity index is 1.24. The molecule has 0 aliphatic carbocycles. The van der Waals surface area contributed by atoms with Gasteiger partial charge >= 0.3 is 0 Å². The first-order valence-corrected chi connectivity index (χ1v) is 15.3. The molecule has 1 aliphatic heterocycles. The topological polar surface area (TPSA) is 92.5 Å². The summed E-state index contributed by atoms with van der Waals surface area (Å²) >= 11 is 2.62. The van der Waals surface area contributed by atoms with Crippen LogP contribution in [-0.4, -0.2) is 43.1 Å². The summed E-state index contributed by atoms with van der Waals surface area (Å²) in [6.45, 7) is -0.112. The Morgan fingerprint density at radius 1 is 0.909 bits per heavy atom. The van der Waals surface area contributed by atoms with Gasteiger partial charge in [-0.1, -0.05) is 42.1 Å². The fraction of sp³-hybridized carbons (Fsp3) is 0.129. The minimum absolute atomic E-state index is 0.0696. The van der Waals surface area contributed by atoms with Crippen LogP contribution >= 0.6 is 23.1 Å². The van der Waals surface area contributed by atoms with Gasteiger partial charge in [-0.3, -0.25) is 14.2 Å². The summed E-state index contributed by atoms with van der Waals surface area (Å²) < 4.78 is 43.1. The molecule has 0 saturated carbocycles. The number of hydrogen-bond donors (Lipinski definition) is 1. The molecule has 6 rings (SSSR count). The highest BCUT2D eigenvalue weighted by molar-refractivity contribution is 7.99. The number of halogens is 3. The van der Waals surface area contributed by atoms with E-state index in [0.29, 0.717) is 23.1 Å². The fourth-order valence-corrected chi connectivity index (χ4v) is 6.27. The number of nitrogens with one attached hydrogen (secondary N) is 1. The Morgan fingerprint density at radius 2 is 1.64 bits per heavy atom. The van der Waals surface area contributed by atoms with Crippen LogP contribution in [0.4, 0.5) is 13.2 Å². The highest BCUT2D eigenvalue weighted by atomic mass is 32.2. The zero-order valence-electron chi connectivity index (χ0n) is 22.9. The van der Waals surface area contributed by atoms with Crippen molar-refractivity contribution in [3.05, 3.63) is 130 Å². The van der Waals surface area contributed by atoms with E-state index in [4.69, 9.17) is 0 Å². The molecule has 8 nitrogen and oxygen atoms in total. The van der Waals surface area contributed by atoms with E-state index >= 15 is 0 Å². The molecule has 0 spiro atoms. The van der Waals surface area contributed by atoms with Gasteiger partial charge in [-0.05, 0) is 65.5 Å². The second-order valence-electron chi connectivity index (χ2n) is 9.70. The van der Waals surface area contributed by atoms with E-state index in [0.717, 1.165) is 27.9 Å². The van der Waals surface area contributed by atoms with Crippen LogP contribution in [0.15, 0.2) is 101 Å². The smallest absolute Gasteiger partial charge is 0.254 e. The van der Waals surface area contributed by atoms with Crippen LogP contribution in [-0.2, 0) is 11.3 Å². The maximum absolute atomic E-state index is 14.1. The summed E-state index contributed by atoms with van der Waals surface area (Å²) in [5.41, 5.74) is 1.90. The summed E-state index contributed by atoms with van der Waals surface area (Å²) in [5, 5.41) is 19.4. The molecule has 2 aromatic heterocycles. The molecule has 1 N–H and O–H groups in total. The van der Waals surface area contributed by atoms with Crippen LogP contribution in [0.5, 0.6) is 0 Å². The molecule has 2 amide bonds. The third-order valence-electron chi connectivity index (χ3n) is 6.86. The van der Waals surface area contributed by atoms with Crippen molar-refractivity contribution in [2.75, 3.05) is 5.75 Å². The molecular formula is C31H23F3N6O2S2. The van der Waals surface area contributed by atoms with Crippen LogP contribution in [0, 0.1) is 17.5 Å². The molecule has 0 saturated heterocycles. The molecule has 13 heteroatoms. The molecule has 1 atom stereocenters. The summed E-state index contributed by atoms with van der Waals surface area (Å²) in [6.07, 6.45) is 0.472. The van der Waals surface area contributed by atoms with Crippen LogP contribution in [0.1, 0.15) is 39.1 Å². The predicted octanol–water partition coefficient (Wildman–Crippen LogP) is 6.15. The normalized spacial score (nSPS) is 14.5. The Bertz CT molecular complexity index is 1830. The molecule has 0 fully saturated rings. The van der Waals surface area contributed by atoms with Gasteiger partial charge in [0.2, 0.25) is 0 Å². The number of carbonyl (C=O) groups excluding carboxylic acids is 2. The molecule has 0 unspecified atom stereocenters. The predicted molar refractivity (Wildman–Crippen MR) is 161 cm³/mol. The number of thioether (sulfide) groups is 1. The van der Waals surface area contributed by atoms with Crippen molar-refractivity contribution in [1.29, 1.82) is 0 Å². The van der Waals surface area contributed by atoms with Crippen molar-refractivity contribution in [3.8, 4) is 5.69 Å². The summed E-state index contributed by atoms with van der Waals surface area (Å²) in [5.74, 6) is -2.20. The minimum Gasteiger partial charge on any atom is -0.345 e. The number of thiophene rings is 1. The lowest BCUT2D eigenvalue weighted by Gasteiger charge is -2.22. The second-order valence-corrected chi connectivity index (χ2v) is 11.6. The van der Waals surface area contributed by atoms with Gasteiger partial charge in [-0.15, -0.1) is 21.5 Å². The van der Waals surface area contributed by atoms with E-state index in [1.807, 2.05) is 17.5 Å². The van der Waals surface area contributed by atoms with Gasteiger partial charge in [0.05, 0.1) is 34.5 Å². The molecule has 5 aromatic rings. The molecule has 1 aliphatic rings. The fourth-order valence-electron chi connectivity index (χ4n) is 4.73. The van der Waals surface area contributed by atoms with Crippen molar-refractivity contribution >= 4 is 40.6 Å². The number of rotatable bonds is 9. The van der Waals surface area contributed by atoms with E-state index in [1.165, 1.54) is 70.9 Å². The zero-order chi connectivity index (χ0) is 30.6. The SMILES string of the molecule is O=C(NCc1nnc(SCC(=O)N2N=C(c3cccs3)C[C@@H]2c2ccc(F)cc2)n1-c1ccc(F)cc1)c1ccccc1F. The average Bonchev–Trinajstić information content (AvgIpc) is 3.80. The number of amides is 2. The quantitative estimate of drug-likeness (QED) is 0.197. The highest BCUT2D eigenvalue weighted by Gasteiger charge is 2.33. The van der Waals surface area contributed by atoms with Crippen LogP contribution in [0.25, 0.3) is 5.69 Å². The first-order valence-electron chi connectivity index (χ1n) is 13.4. The monoisotopic (exact) mass is 632 g/mol. The van der Waals surface area contributed by atoms with E-state index in [-0.39, 0.29) is 29.6 Å². The minimum atomic E-state index is -0.662. The maximum Gasteiger partial charge on any atom is 0.254 e. The molecular weight excluding hydrogens is 610 g/mol. The van der Waals surface area contributed by atoms with E-state index in [1.54, 1.807) is 22.8 Å². The standard InChI is InChI=1S/C31H23F3N6O2S2/c32-20-9-7-19(8-10-20)26-16-25(27-6-3-15-43-27)38-40(26)29(41)18-44-31-37-36-28(39(31)22-13-11-21(33)12-14-22)17-35-30(42)23-4-1-2-5-24(23)34/h1-15,26H,16-18H2,(H,35,42)/t26-/m1/s1. The largest absolute Gasteiger partial charge is 0.345 e. The number of carbonyl (C=O) groups is 2. The van der Waals surface area contributed by atoms with E-state index in [2.05, 4.69) is 20.6 Å². The molecule has 3 aromatic carbocycles. The lowest BCUT2D eigenvalue weighted by molar-refractivity contribution is -0.130. The third-order valence-corrected chi connectivity index (χ3v) is 8.69. The lowest BCUT2D eigenvalue weighted by Crippen LogP contribution is -2.28. The third kappa shape index (κ3) is 6.29. The van der Waals surface area contributed by atoms with Gasteiger partial charge < -0.3 is 5.32 Å². The Morgan fingerprint density at radius 3 is 2.34 bits per heavy atom. The number of aromatic nitrogens is 3. The molecule has 0 bridgehead atoms. The highest BCUT2D eigenvalue weighted by Crippen LogP contribution is 2.35. The number of benzene rings is 3. The maximum atomic E-state index is 14.1. The van der Waals surface area contributed by atoms with Gasteiger partial charge in [0.25, 0.3) is 11.8 Å². The van der Waals surface area contributed by atoms with Gasteiger partial charge in [0.1, 0.15) is 17.5 Å². The van der Waals surface area contributed by atoms with Crippen molar-refractivity contribution in [2.24, 2.45) is 5.10 Å². The average molecular weight is 633 g/mol. The van der Waals surface area contributed by atoms with Crippen molar-refractivity contribution < 1.29 is 22.8 Å². The van der Waals surface area contributed by atoms with Gasteiger partial charge in [0, 0.05) is 12.1 Å². The zero-order valence-corrected chi connectivity index (χ0v) is 24.5. The first-order chi connectivity index (χ1) is 21.4. The van der Waals surface area contributed by atoms with E-state index < -0.39 is 23.6 Å². The number of hydrazone groups is 1. The van der Waals surface area contributed by atoms with Gasteiger partial charge in [-0.25, -0.2) is 18.2 Å². The first kappa shape index (κ1) is 29.3. The Labute approximate surface area is 258 Å². The summed E-state index contributed by atoms with van der Waals surface area (Å²) in [4.78, 5) is 27.2. The molecule has 0 radical (unpaired) electrons. The summed E-state index contributed by atoms with van der Waals surface area (Å²) in [7, 11) is 0. The summed E-state index contributed by atoms with van der Waals surface area (Å²) in [6, 6.07) is 20.6. The van der Waals surface area contributed by atoms with Crippen molar-refractivity contribution in [1.82, 2.24) is 25.1 Å². The number of nitrogens with zero attached hydrogens (tertiary/aromatic N) is 5. The van der Waals surface area contributed by atoms with Crippen molar-refractivity contribution in [2.45, 2.75) is 24.2 Å². The molecule has 44 heavy (non-hydrogen) atoms. The Kier molecular flexibility index (Phi) is 8.57. The van der Waals surface area contributed by atoms with E-state index in [9.17, 15) is 22.8 Å².